The fourth-order valence-corrected chi connectivity index (χ4v) is 1.000. The van der Waals surface area contributed by atoms with E-state index in [0.29, 0.717) is 13.1 Å². The largest absolute Gasteiger partial charge is 0.478 e. The fraction of sp³-hybridized carbons (Fsp3) is 0.625. The van der Waals surface area contributed by atoms with Crippen LogP contribution in [0.2, 0.25) is 0 Å². The van der Waals surface area contributed by atoms with Crippen molar-refractivity contribution in [3.63, 3.8) is 0 Å². The molecule has 0 aliphatic rings. The Labute approximate surface area is 138 Å². The average Bonchev–Trinajstić information content (AvgIpc) is 2.46. The van der Waals surface area contributed by atoms with E-state index in [2.05, 4.69) is 25.0 Å². The van der Waals surface area contributed by atoms with Crippen LogP contribution in [0, 0.1) is 0 Å². The van der Waals surface area contributed by atoms with Crippen molar-refractivity contribution in [3.05, 3.63) is 24.3 Å². The number of unbranched alkanes of at least 4 members (excludes halogenated alkanes) is 1. The van der Waals surface area contributed by atoms with Crippen molar-refractivity contribution in [1.82, 2.24) is 4.90 Å². The van der Waals surface area contributed by atoms with Gasteiger partial charge in [-0.15, -0.1) is 0 Å². The zero-order chi connectivity index (χ0) is 18.8. The zero-order valence-electron chi connectivity index (χ0n) is 14.4. The predicted molar refractivity (Wildman–Crippen MR) is 90.4 cm³/mol. The Kier molecular flexibility index (Phi) is 20.9. The van der Waals surface area contributed by atoms with Gasteiger partial charge in [0.1, 0.15) is 0 Å². The molecular weight excluding hydrogens is 302 g/mol. The van der Waals surface area contributed by atoms with E-state index in [0.717, 1.165) is 19.4 Å². The smallest absolute Gasteiger partial charge is 0.330 e. The van der Waals surface area contributed by atoms with Crippen molar-refractivity contribution in [2.24, 2.45) is 0 Å². The SMILES string of the molecule is C=C(C)C(=O)O.C=C(C)C(=O)O.CCCCN(CCO)CCO. The van der Waals surface area contributed by atoms with E-state index < -0.39 is 11.9 Å². The minimum Gasteiger partial charge on any atom is -0.478 e. The van der Waals surface area contributed by atoms with Gasteiger partial charge in [-0.25, -0.2) is 9.59 Å². The van der Waals surface area contributed by atoms with Crippen molar-refractivity contribution in [3.8, 4) is 0 Å². The quantitative estimate of drug-likeness (QED) is 0.471. The fourth-order valence-electron chi connectivity index (χ4n) is 1.000. The Bertz CT molecular complexity index is 300. The second-order valence-electron chi connectivity index (χ2n) is 4.81. The van der Waals surface area contributed by atoms with Crippen LogP contribution in [-0.2, 0) is 9.59 Å². The first-order valence-electron chi connectivity index (χ1n) is 7.35. The van der Waals surface area contributed by atoms with Crippen molar-refractivity contribution in [1.29, 1.82) is 0 Å². The number of aliphatic hydroxyl groups is 2. The Morgan fingerprint density at radius 3 is 1.35 bits per heavy atom. The molecule has 0 saturated heterocycles. The van der Waals surface area contributed by atoms with Crippen molar-refractivity contribution >= 4 is 11.9 Å². The van der Waals surface area contributed by atoms with Crippen LogP contribution in [0.1, 0.15) is 33.6 Å². The number of carboxylic acids is 2. The number of aliphatic carboxylic acids is 2. The second-order valence-corrected chi connectivity index (χ2v) is 4.81. The molecule has 7 nitrogen and oxygen atoms in total. The number of aliphatic hydroxyl groups excluding tert-OH is 2. The molecule has 0 saturated carbocycles. The standard InChI is InChI=1S/C8H19NO2.2C4H6O2/c1-2-3-4-9(5-7-10)6-8-11;2*1-3(2)4(5)6/h10-11H,2-8H2,1H3;2*1H2,2H3,(H,5,6). The van der Waals surface area contributed by atoms with E-state index in [1.807, 2.05) is 0 Å². The van der Waals surface area contributed by atoms with E-state index in [1.165, 1.54) is 13.8 Å². The van der Waals surface area contributed by atoms with Crippen LogP contribution in [-0.4, -0.2) is 70.1 Å². The van der Waals surface area contributed by atoms with Gasteiger partial charge in [-0.1, -0.05) is 26.5 Å². The summed E-state index contributed by atoms with van der Waals surface area (Å²) in [6, 6.07) is 0. The summed E-state index contributed by atoms with van der Waals surface area (Å²) < 4.78 is 0. The molecular formula is C16H31NO6. The molecule has 0 radical (unpaired) electrons. The lowest BCUT2D eigenvalue weighted by Gasteiger charge is -2.19. The molecule has 0 aliphatic carbocycles. The maximum Gasteiger partial charge on any atom is 0.330 e. The monoisotopic (exact) mass is 333 g/mol. The molecule has 0 aromatic heterocycles. The minimum absolute atomic E-state index is 0.176. The summed E-state index contributed by atoms with van der Waals surface area (Å²) in [5.74, 6) is -1.87. The van der Waals surface area contributed by atoms with E-state index >= 15 is 0 Å². The average molecular weight is 333 g/mol. The van der Waals surface area contributed by atoms with Gasteiger partial charge in [0, 0.05) is 24.2 Å². The van der Waals surface area contributed by atoms with Crippen molar-refractivity contribution in [2.45, 2.75) is 33.6 Å². The van der Waals surface area contributed by atoms with Crippen LogP contribution in [0.25, 0.3) is 0 Å². The van der Waals surface area contributed by atoms with Gasteiger partial charge in [0.2, 0.25) is 0 Å². The van der Waals surface area contributed by atoms with Crippen LogP contribution in [0.3, 0.4) is 0 Å². The molecule has 0 amide bonds. The number of hydrogen-bond donors (Lipinski definition) is 4. The number of carboxylic acid groups (broad SMARTS) is 2. The summed E-state index contributed by atoms with van der Waals surface area (Å²) in [6.45, 7) is 14.1. The van der Waals surface area contributed by atoms with E-state index in [4.69, 9.17) is 20.4 Å². The van der Waals surface area contributed by atoms with E-state index in [1.54, 1.807) is 0 Å². The topological polar surface area (TPSA) is 118 Å². The third-order valence-electron chi connectivity index (χ3n) is 2.39. The number of rotatable bonds is 9. The van der Waals surface area contributed by atoms with Gasteiger partial charge in [-0.05, 0) is 26.8 Å². The summed E-state index contributed by atoms with van der Waals surface area (Å²) in [5.41, 5.74) is 0.352. The number of carbonyl (C=O) groups is 2. The molecule has 0 aromatic carbocycles. The maximum absolute atomic E-state index is 9.60. The Morgan fingerprint density at radius 1 is 0.870 bits per heavy atom. The van der Waals surface area contributed by atoms with Gasteiger partial charge in [0.05, 0.1) is 13.2 Å². The summed E-state index contributed by atoms with van der Waals surface area (Å²) in [6.07, 6.45) is 2.30. The van der Waals surface area contributed by atoms with Crippen LogP contribution in [0.15, 0.2) is 24.3 Å². The first-order chi connectivity index (χ1) is 10.6. The van der Waals surface area contributed by atoms with Crippen LogP contribution >= 0.6 is 0 Å². The van der Waals surface area contributed by atoms with Gasteiger partial charge >= 0.3 is 11.9 Å². The van der Waals surface area contributed by atoms with Crippen LogP contribution < -0.4 is 0 Å². The summed E-state index contributed by atoms with van der Waals surface area (Å²) >= 11 is 0. The molecule has 0 atom stereocenters. The molecule has 0 fully saturated rings. The van der Waals surface area contributed by atoms with Gasteiger partial charge in [-0.3, -0.25) is 4.90 Å². The summed E-state index contributed by atoms with van der Waals surface area (Å²) in [4.78, 5) is 21.3. The molecule has 0 rings (SSSR count). The Hall–Kier alpha value is -1.70. The molecule has 23 heavy (non-hydrogen) atoms. The third-order valence-corrected chi connectivity index (χ3v) is 2.39. The molecule has 4 N–H and O–H groups in total. The Balaban J connectivity index is -0.000000284. The van der Waals surface area contributed by atoms with Crippen LogP contribution in [0.5, 0.6) is 0 Å². The highest BCUT2D eigenvalue weighted by Gasteiger charge is 2.00. The summed E-state index contributed by atoms with van der Waals surface area (Å²) in [7, 11) is 0. The molecule has 7 heteroatoms. The van der Waals surface area contributed by atoms with Crippen LogP contribution in [0.4, 0.5) is 0 Å². The van der Waals surface area contributed by atoms with Gasteiger partial charge in [0.25, 0.3) is 0 Å². The lowest BCUT2D eigenvalue weighted by molar-refractivity contribution is -0.133. The number of hydrogen-bond acceptors (Lipinski definition) is 5. The Morgan fingerprint density at radius 2 is 1.17 bits per heavy atom. The highest BCUT2D eigenvalue weighted by molar-refractivity contribution is 5.85. The molecule has 0 spiro atoms. The maximum atomic E-state index is 9.60. The molecule has 0 unspecified atom stereocenters. The van der Waals surface area contributed by atoms with Gasteiger partial charge in [0.15, 0.2) is 0 Å². The first-order valence-corrected chi connectivity index (χ1v) is 7.35. The van der Waals surface area contributed by atoms with Gasteiger partial charge in [-0.2, -0.15) is 0 Å². The molecule has 136 valence electrons. The summed E-state index contributed by atoms with van der Waals surface area (Å²) in [5, 5.41) is 33.1. The number of nitrogens with zero attached hydrogens (tertiary/aromatic N) is 1. The zero-order valence-corrected chi connectivity index (χ0v) is 14.4. The molecule has 0 aromatic rings. The highest BCUT2D eigenvalue weighted by Crippen LogP contribution is 1.93. The van der Waals surface area contributed by atoms with E-state index in [-0.39, 0.29) is 24.4 Å². The predicted octanol–water partition coefficient (Wildman–Crippen LogP) is 1.37. The minimum atomic E-state index is -0.935. The highest BCUT2D eigenvalue weighted by atomic mass is 16.4. The molecule has 0 aliphatic heterocycles. The lowest BCUT2D eigenvalue weighted by Crippen LogP contribution is -2.30. The molecule has 0 bridgehead atoms. The normalized spacial score (nSPS) is 9.13. The van der Waals surface area contributed by atoms with Gasteiger partial charge < -0.3 is 20.4 Å². The van der Waals surface area contributed by atoms with Crippen molar-refractivity contribution < 1.29 is 30.0 Å². The van der Waals surface area contributed by atoms with E-state index in [9.17, 15) is 9.59 Å². The lowest BCUT2D eigenvalue weighted by atomic mass is 10.3. The first kappa shape index (κ1) is 26.2. The van der Waals surface area contributed by atoms with Crippen molar-refractivity contribution in [2.75, 3.05) is 32.8 Å². The second kappa shape index (κ2) is 18.3. The molecule has 0 heterocycles. The third kappa shape index (κ3) is 25.6.